The van der Waals surface area contributed by atoms with E-state index in [0.29, 0.717) is 5.02 Å². The summed E-state index contributed by atoms with van der Waals surface area (Å²) in [5.41, 5.74) is 5.57. The number of aliphatic carboxylic acids is 1. The summed E-state index contributed by atoms with van der Waals surface area (Å²) in [6, 6.07) is 0.385. The molecule has 0 aromatic carbocycles. The number of amides is 1. The number of carbonyl (C=O) groups is 2. The van der Waals surface area contributed by atoms with Crippen LogP contribution in [0, 0.1) is 0 Å². The van der Waals surface area contributed by atoms with Gasteiger partial charge < -0.3 is 16.2 Å². The summed E-state index contributed by atoms with van der Waals surface area (Å²) in [6.07, 6.45) is 1.36. The van der Waals surface area contributed by atoms with E-state index in [1.165, 1.54) is 12.3 Å². The van der Waals surface area contributed by atoms with Gasteiger partial charge in [0.15, 0.2) is 5.82 Å². The van der Waals surface area contributed by atoms with Gasteiger partial charge in [0.25, 0.3) is 0 Å². The SMILES string of the molecule is CC(C)(SCC(=O)Nc1ncc(Cl)cc1Cl)[C@@H](N)C(=O)O. The molecule has 0 aliphatic rings. The van der Waals surface area contributed by atoms with Crippen LogP contribution in [-0.4, -0.2) is 38.5 Å². The Morgan fingerprint density at radius 2 is 2.14 bits per heavy atom. The van der Waals surface area contributed by atoms with Crippen molar-refractivity contribution in [2.75, 3.05) is 11.1 Å². The van der Waals surface area contributed by atoms with E-state index in [1.807, 2.05) is 0 Å². The lowest BCUT2D eigenvalue weighted by Gasteiger charge is -2.27. The normalized spacial score (nSPS) is 12.8. The van der Waals surface area contributed by atoms with Crippen LogP contribution in [0.2, 0.25) is 10.0 Å². The number of halogens is 2. The van der Waals surface area contributed by atoms with Gasteiger partial charge in [-0.05, 0) is 19.9 Å². The number of thioether (sulfide) groups is 1. The second-order valence-electron chi connectivity index (χ2n) is 4.74. The highest BCUT2D eigenvalue weighted by molar-refractivity contribution is 8.01. The van der Waals surface area contributed by atoms with Crippen LogP contribution < -0.4 is 11.1 Å². The number of nitrogens with two attached hydrogens (primary N) is 1. The van der Waals surface area contributed by atoms with Crippen LogP contribution in [0.25, 0.3) is 0 Å². The fourth-order valence-corrected chi connectivity index (χ4v) is 2.60. The number of rotatable bonds is 6. The van der Waals surface area contributed by atoms with E-state index in [0.717, 1.165) is 11.8 Å². The summed E-state index contributed by atoms with van der Waals surface area (Å²) >= 11 is 12.7. The number of nitrogens with one attached hydrogen (secondary N) is 1. The maximum Gasteiger partial charge on any atom is 0.321 e. The first kappa shape index (κ1) is 18.0. The fraction of sp³-hybridized carbons (Fsp3) is 0.417. The van der Waals surface area contributed by atoms with E-state index < -0.39 is 16.8 Å². The van der Waals surface area contributed by atoms with Gasteiger partial charge in [-0.3, -0.25) is 9.59 Å². The Labute approximate surface area is 136 Å². The van der Waals surface area contributed by atoms with E-state index in [4.69, 9.17) is 34.0 Å². The Bertz CT molecular complexity index is 555. The van der Waals surface area contributed by atoms with E-state index in [-0.39, 0.29) is 22.5 Å². The summed E-state index contributed by atoms with van der Waals surface area (Å²) in [6.45, 7) is 3.33. The third-order valence-corrected chi connectivity index (χ3v) is 4.56. The molecule has 1 rings (SSSR count). The van der Waals surface area contributed by atoms with Crippen molar-refractivity contribution in [1.82, 2.24) is 4.98 Å². The Hall–Kier alpha value is -1.02. The van der Waals surface area contributed by atoms with Crippen LogP contribution in [0.1, 0.15) is 13.8 Å². The molecular formula is C12H15Cl2N3O3S. The smallest absolute Gasteiger partial charge is 0.321 e. The molecule has 9 heteroatoms. The predicted molar refractivity (Wildman–Crippen MR) is 85.0 cm³/mol. The standard InChI is InChI=1S/C12H15Cl2N3O3S/c1-12(2,9(15)11(19)20)21-5-8(18)17-10-7(14)3-6(13)4-16-10/h3-4,9H,5,15H2,1-2H3,(H,19,20)(H,16,17,18)/t9-/m0/s1. The zero-order chi connectivity index (χ0) is 16.2. The number of carbonyl (C=O) groups excluding carboxylic acids is 1. The Balaban J connectivity index is 2.60. The molecule has 1 aromatic rings. The monoisotopic (exact) mass is 351 g/mol. The third-order valence-electron chi connectivity index (χ3n) is 2.66. The number of aromatic nitrogens is 1. The van der Waals surface area contributed by atoms with Gasteiger partial charge in [-0.15, -0.1) is 11.8 Å². The maximum atomic E-state index is 11.8. The van der Waals surface area contributed by atoms with Gasteiger partial charge in [-0.25, -0.2) is 4.98 Å². The van der Waals surface area contributed by atoms with Gasteiger partial charge in [-0.2, -0.15) is 0 Å². The second kappa shape index (κ2) is 7.31. The van der Waals surface area contributed by atoms with Crippen molar-refractivity contribution in [3.63, 3.8) is 0 Å². The first-order valence-corrected chi connectivity index (χ1v) is 7.61. The zero-order valence-electron chi connectivity index (χ0n) is 11.4. The van der Waals surface area contributed by atoms with Crippen LogP contribution in [0.3, 0.4) is 0 Å². The lowest BCUT2D eigenvalue weighted by molar-refractivity contribution is -0.139. The van der Waals surface area contributed by atoms with E-state index in [2.05, 4.69) is 10.3 Å². The van der Waals surface area contributed by atoms with Gasteiger partial charge in [-0.1, -0.05) is 23.2 Å². The molecule has 0 bridgehead atoms. The van der Waals surface area contributed by atoms with Crippen molar-refractivity contribution in [2.24, 2.45) is 5.73 Å². The molecular weight excluding hydrogens is 337 g/mol. The molecule has 0 aliphatic heterocycles. The van der Waals surface area contributed by atoms with Crippen LogP contribution in [0.15, 0.2) is 12.3 Å². The average molecular weight is 352 g/mol. The lowest BCUT2D eigenvalue weighted by atomic mass is 10.1. The van der Waals surface area contributed by atoms with Gasteiger partial charge in [0.1, 0.15) is 6.04 Å². The molecule has 21 heavy (non-hydrogen) atoms. The summed E-state index contributed by atoms with van der Waals surface area (Å²) < 4.78 is -0.791. The number of carboxylic acids is 1. The number of carboxylic acid groups (broad SMARTS) is 1. The summed E-state index contributed by atoms with van der Waals surface area (Å²) in [5.74, 6) is -1.25. The highest BCUT2D eigenvalue weighted by Crippen LogP contribution is 2.28. The predicted octanol–water partition coefficient (Wildman–Crippen LogP) is 2.25. The third kappa shape index (κ3) is 5.35. The molecule has 0 saturated carbocycles. The minimum absolute atomic E-state index is 0.0224. The quantitative estimate of drug-likeness (QED) is 0.725. The largest absolute Gasteiger partial charge is 0.480 e. The van der Waals surface area contributed by atoms with Gasteiger partial charge in [0.05, 0.1) is 15.8 Å². The van der Waals surface area contributed by atoms with Crippen molar-refractivity contribution >= 4 is 52.7 Å². The van der Waals surface area contributed by atoms with Gasteiger partial charge in [0.2, 0.25) is 5.91 Å². The van der Waals surface area contributed by atoms with Gasteiger partial charge >= 0.3 is 5.97 Å². The molecule has 4 N–H and O–H groups in total. The molecule has 1 atom stereocenters. The number of pyridine rings is 1. The molecule has 0 spiro atoms. The number of hydrogen-bond acceptors (Lipinski definition) is 5. The van der Waals surface area contributed by atoms with E-state index in [9.17, 15) is 9.59 Å². The minimum Gasteiger partial charge on any atom is -0.480 e. The number of hydrogen-bond donors (Lipinski definition) is 3. The van der Waals surface area contributed by atoms with Crippen LogP contribution in [-0.2, 0) is 9.59 Å². The zero-order valence-corrected chi connectivity index (χ0v) is 13.7. The molecule has 1 heterocycles. The van der Waals surface area contributed by atoms with Crippen molar-refractivity contribution in [3.8, 4) is 0 Å². The molecule has 1 aromatic heterocycles. The highest BCUT2D eigenvalue weighted by atomic mass is 35.5. The second-order valence-corrected chi connectivity index (χ2v) is 7.21. The Morgan fingerprint density at radius 3 is 2.67 bits per heavy atom. The van der Waals surface area contributed by atoms with Crippen molar-refractivity contribution in [2.45, 2.75) is 24.6 Å². The molecule has 0 radical (unpaired) electrons. The molecule has 0 saturated heterocycles. The molecule has 0 aliphatic carbocycles. The van der Waals surface area contributed by atoms with Crippen molar-refractivity contribution in [1.29, 1.82) is 0 Å². The van der Waals surface area contributed by atoms with E-state index in [1.54, 1.807) is 13.8 Å². The van der Waals surface area contributed by atoms with Crippen LogP contribution in [0.4, 0.5) is 5.82 Å². The summed E-state index contributed by atoms with van der Waals surface area (Å²) in [5, 5.41) is 12.0. The molecule has 1 amide bonds. The number of anilines is 1. The first-order valence-electron chi connectivity index (χ1n) is 5.86. The highest BCUT2D eigenvalue weighted by Gasteiger charge is 2.33. The fourth-order valence-electron chi connectivity index (χ4n) is 1.31. The van der Waals surface area contributed by atoms with Crippen LogP contribution in [0.5, 0.6) is 0 Å². The minimum atomic E-state index is -1.12. The van der Waals surface area contributed by atoms with Crippen molar-refractivity contribution < 1.29 is 14.7 Å². The first-order chi connectivity index (χ1) is 9.63. The lowest BCUT2D eigenvalue weighted by Crippen LogP contribution is -2.47. The molecule has 0 fully saturated rings. The molecule has 0 unspecified atom stereocenters. The molecule has 6 nitrogen and oxygen atoms in total. The topological polar surface area (TPSA) is 105 Å². The number of nitrogens with zero attached hydrogens (tertiary/aromatic N) is 1. The van der Waals surface area contributed by atoms with Crippen molar-refractivity contribution in [3.05, 3.63) is 22.3 Å². The maximum absolute atomic E-state index is 11.8. The summed E-state index contributed by atoms with van der Waals surface area (Å²) in [7, 11) is 0. The average Bonchev–Trinajstić information content (AvgIpc) is 2.39. The Morgan fingerprint density at radius 1 is 1.52 bits per heavy atom. The summed E-state index contributed by atoms with van der Waals surface area (Å²) in [4.78, 5) is 26.6. The Kier molecular flexibility index (Phi) is 6.27. The van der Waals surface area contributed by atoms with E-state index >= 15 is 0 Å². The molecule has 116 valence electrons. The van der Waals surface area contributed by atoms with Gasteiger partial charge in [0, 0.05) is 10.9 Å². The van der Waals surface area contributed by atoms with Crippen LogP contribution >= 0.6 is 35.0 Å².